The maximum absolute atomic E-state index is 15.7. The molecule has 0 aliphatic rings. The Kier molecular flexibility index (Phi) is 11.2. The maximum Gasteiger partial charge on any atom is 0.305 e. The second kappa shape index (κ2) is 14.2. The zero-order valence-corrected chi connectivity index (χ0v) is 26.6. The molecule has 0 saturated heterocycles. The fraction of sp³-hybridized carbons (Fsp3) is 0.441. The molecule has 0 aliphatic heterocycles. The van der Waals surface area contributed by atoms with Crippen molar-refractivity contribution in [2.45, 2.75) is 72.9 Å². The SMILES string of the molecule is Cc1cc(-c2c(C)cc(F)cc2C)cc([C@H](CC(=O)O)NC(=O)[C@H](CC(C)C)n2cc(CCN(C)C)c(C)c(F)c2=O)c1F. The molecule has 0 aliphatic carbocycles. The van der Waals surface area contributed by atoms with Gasteiger partial charge in [0.05, 0.1) is 12.5 Å². The molecular formula is C34H42F3N3O4. The largest absolute Gasteiger partial charge is 0.481 e. The van der Waals surface area contributed by atoms with Gasteiger partial charge in [0, 0.05) is 18.3 Å². The molecule has 1 aromatic heterocycles. The molecule has 2 atom stereocenters. The zero-order valence-electron chi connectivity index (χ0n) is 26.6. The monoisotopic (exact) mass is 613 g/mol. The zero-order chi connectivity index (χ0) is 33.0. The number of pyridine rings is 1. The van der Waals surface area contributed by atoms with Crippen LogP contribution in [0.5, 0.6) is 0 Å². The molecule has 0 radical (unpaired) electrons. The van der Waals surface area contributed by atoms with E-state index in [0.717, 1.165) is 4.57 Å². The first-order valence-corrected chi connectivity index (χ1v) is 14.7. The predicted molar refractivity (Wildman–Crippen MR) is 165 cm³/mol. The number of nitrogens with zero attached hydrogens (tertiary/aromatic N) is 2. The van der Waals surface area contributed by atoms with E-state index in [2.05, 4.69) is 5.32 Å². The van der Waals surface area contributed by atoms with Crippen LogP contribution in [0.2, 0.25) is 0 Å². The van der Waals surface area contributed by atoms with Crippen molar-refractivity contribution in [2.24, 2.45) is 5.92 Å². The number of carboxylic acid groups (broad SMARTS) is 1. The number of carboxylic acids is 1. The number of amides is 1. The van der Waals surface area contributed by atoms with Crippen LogP contribution in [0.15, 0.2) is 35.3 Å². The van der Waals surface area contributed by atoms with Crippen molar-refractivity contribution in [1.82, 2.24) is 14.8 Å². The number of aryl methyl sites for hydroxylation is 3. The van der Waals surface area contributed by atoms with E-state index < -0.39 is 53.4 Å². The lowest BCUT2D eigenvalue weighted by Crippen LogP contribution is -2.41. The van der Waals surface area contributed by atoms with Crippen molar-refractivity contribution in [2.75, 3.05) is 20.6 Å². The van der Waals surface area contributed by atoms with Gasteiger partial charge in [0.15, 0.2) is 5.82 Å². The molecule has 2 N–H and O–H groups in total. The minimum absolute atomic E-state index is 0.0590. The number of likely N-dealkylation sites (N-methyl/N-ethyl adjacent to an activating group) is 1. The highest BCUT2D eigenvalue weighted by Crippen LogP contribution is 2.34. The molecule has 0 saturated carbocycles. The van der Waals surface area contributed by atoms with Crippen LogP contribution in [0.1, 0.15) is 72.2 Å². The first kappa shape index (κ1) is 34.6. The highest BCUT2D eigenvalue weighted by Gasteiger charge is 2.30. The Balaban J connectivity index is 2.13. The topological polar surface area (TPSA) is 91.6 Å². The molecule has 0 unspecified atom stereocenters. The van der Waals surface area contributed by atoms with Gasteiger partial charge in [-0.3, -0.25) is 14.4 Å². The molecule has 3 rings (SSSR count). The molecular weight excluding hydrogens is 571 g/mol. The third-order valence-corrected chi connectivity index (χ3v) is 7.83. The van der Waals surface area contributed by atoms with E-state index in [1.807, 2.05) is 32.8 Å². The normalized spacial score (nSPS) is 12.9. The predicted octanol–water partition coefficient (Wildman–Crippen LogP) is 6.19. The van der Waals surface area contributed by atoms with Crippen LogP contribution in [0.4, 0.5) is 13.2 Å². The summed E-state index contributed by atoms with van der Waals surface area (Å²) in [6, 6.07) is 3.29. The number of aliphatic carboxylic acids is 1. The van der Waals surface area contributed by atoms with E-state index in [0.29, 0.717) is 40.8 Å². The van der Waals surface area contributed by atoms with Gasteiger partial charge in [0.1, 0.15) is 17.7 Å². The molecule has 0 fully saturated rings. The number of halogens is 3. The van der Waals surface area contributed by atoms with E-state index in [9.17, 15) is 23.9 Å². The van der Waals surface area contributed by atoms with E-state index >= 15 is 8.78 Å². The van der Waals surface area contributed by atoms with Gasteiger partial charge in [-0.05, 0) is 124 Å². The van der Waals surface area contributed by atoms with E-state index in [4.69, 9.17) is 0 Å². The van der Waals surface area contributed by atoms with Crippen LogP contribution in [-0.2, 0) is 16.0 Å². The average Bonchev–Trinajstić information content (AvgIpc) is 2.90. The second-order valence-corrected chi connectivity index (χ2v) is 12.3. The summed E-state index contributed by atoms with van der Waals surface area (Å²) in [5.74, 6) is -4.17. The smallest absolute Gasteiger partial charge is 0.305 e. The lowest BCUT2D eigenvalue weighted by Gasteiger charge is -2.27. The Bertz CT molecular complexity index is 1590. The van der Waals surface area contributed by atoms with E-state index in [-0.39, 0.29) is 29.0 Å². The third-order valence-electron chi connectivity index (χ3n) is 7.83. The quantitative estimate of drug-likeness (QED) is 0.254. The standard InChI is InChI=1S/C34H42F3N3O4/c1-18(2)11-28(40-17-23(9-10-39(7)8)22(6)32(37)34(40)44)33(43)38-27(16-29(41)42)26-15-24(12-21(5)31(26)36)30-19(3)13-25(35)14-20(30)4/h12-15,17-18,27-28H,9-11,16H2,1-8H3,(H,38,43)(H,41,42)/t27-,28-/m0/s1. The second-order valence-electron chi connectivity index (χ2n) is 12.3. The summed E-state index contributed by atoms with van der Waals surface area (Å²) >= 11 is 0. The van der Waals surface area contributed by atoms with Gasteiger partial charge in [0.2, 0.25) is 5.91 Å². The van der Waals surface area contributed by atoms with Crippen molar-refractivity contribution in [3.8, 4) is 11.1 Å². The molecule has 7 nitrogen and oxygen atoms in total. The Morgan fingerprint density at radius 1 is 0.955 bits per heavy atom. The fourth-order valence-electron chi connectivity index (χ4n) is 5.60. The number of carbonyl (C=O) groups excluding carboxylic acids is 1. The number of hydrogen-bond acceptors (Lipinski definition) is 4. The number of rotatable bonds is 12. The van der Waals surface area contributed by atoms with Gasteiger partial charge >= 0.3 is 5.97 Å². The molecule has 1 amide bonds. The number of carbonyl (C=O) groups is 2. The molecule has 10 heteroatoms. The molecule has 238 valence electrons. The maximum atomic E-state index is 15.7. The summed E-state index contributed by atoms with van der Waals surface area (Å²) in [5.41, 5.74) is 2.41. The lowest BCUT2D eigenvalue weighted by molar-refractivity contribution is -0.138. The van der Waals surface area contributed by atoms with Gasteiger partial charge in [-0.1, -0.05) is 13.8 Å². The van der Waals surface area contributed by atoms with Crippen LogP contribution in [-0.4, -0.2) is 47.1 Å². The Labute approximate surface area is 256 Å². The van der Waals surface area contributed by atoms with Gasteiger partial charge < -0.3 is 19.9 Å². The van der Waals surface area contributed by atoms with Crippen LogP contribution in [0.3, 0.4) is 0 Å². The van der Waals surface area contributed by atoms with Crippen LogP contribution < -0.4 is 10.9 Å². The first-order valence-electron chi connectivity index (χ1n) is 14.7. The van der Waals surface area contributed by atoms with Crippen molar-refractivity contribution in [1.29, 1.82) is 0 Å². The molecule has 1 heterocycles. The molecule has 0 bridgehead atoms. The Morgan fingerprint density at radius 2 is 1.57 bits per heavy atom. The van der Waals surface area contributed by atoms with E-state index in [1.54, 1.807) is 19.9 Å². The van der Waals surface area contributed by atoms with Crippen LogP contribution >= 0.6 is 0 Å². The number of nitrogens with one attached hydrogen (secondary N) is 1. The summed E-state index contributed by atoms with van der Waals surface area (Å²) in [7, 11) is 3.74. The fourth-order valence-corrected chi connectivity index (χ4v) is 5.60. The van der Waals surface area contributed by atoms with Crippen LogP contribution in [0, 0.1) is 51.1 Å². The lowest BCUT2D eigenvalue weighted by atomic mass is 9.90. The van der Waals surface area contributed by atoms with Gasteiger partial charge in [-0.2, -0.15) is 0 Å². The van der Waals surface area contributed by atoms with Crippen molar-refractivity contribution >= 4 is 11.9 Å². The summed E-state index contributed by atoms with van der Waals surface area (Å²) in [6.07, 6.45) is 1.44. The minimum Gasteiger partial charge on any atom is -0.481 e. The van der Waals surface area contributed by atoms with Crippen molar-refractivity contribution in [3.63, 3.8) is 0 Å². The minimum atomic E-state index is -1.31. The van der Waals surface area contributed by atoms with Crippen molar-refractivity contribution < 1.29 is 27.9 Å². The molecule has 44 heavy (non-hydrogen) atoms. The van der Waals surface area contributed by atoms with Gasteiger partial charge in [0.25, 0.3) is 5.56 Å². The Hall–Kier alpha value is -3.92. The van der Waals surface area contributed by atoms with E-state index in [1.165, 1.54) is 38.2 Å². The third kappa shape index (κ3) is 7.96. The van der Waals surface area contributed by atoms with Crippen molar-refractivity contribution in [3.05, 3.63) is 91.6 Å². The Morgan fingerprint density at radius 3 is 2.11 bits per heavy atom. The highest BCUT2D eigenvalue weighted by molar-refractivity contribution is 5.82. The van der Waals surface area contributed by atoms with Crippen LogP contribution in [0.25, 0.3) is 11.1 Å². The summed E-state index contributed by atoms with van der Waals surface area (Å²) in [5, 5.41) is 12.4. The summed E-state index contributed by atoms with van der Waals surface area (Å²) < 4.78 is 46.0. The molecule has 2 aromatic carbocycles. The molecule has 3 aromatic rings. The summed E-state index contributed by atoms with van der Waals surface area (Å²) in [4.78, 5) is 40.9. The highest BCUT2D eigenvalue weighted by atomic mass is 19.1. The number of benzene rings is 2. The average molecular weight is 614 g/mol. The number of hydrogen-bond donors (Lipinski definition) is 2. The van der Waals surface area contributed by atoms with Gasteiger partial charge in [-0.25, -0.2) is 13.2 Å². The van der Waals surface area contributed by atoms with Gasteiger partial charge in [-0.15, -0.1) is 0 Å². The molecule has 0 spiro atoms. The summed E-state index contributed by atoms with van der Waals surface area (Å²) in [6.45, 7) is 10.8. The number of aromatic nitrogens is 1. The first-order chi connectivity index (χ1) is 20.5.